The summed E-state index contributed by atoms with van der Waals surface area (Å²) in [5, 5.41) is 13.2. The number of rotatable bonds is 9. The number of likely N-dealkylation sites (N-methyl/N-ethyl adjacent to an activating group) is 1. The van der Waals surface area contributed by atoms with E-state index in [2.05, 4.69) is 4.98 Å². The van der Waals surface area contributed by atoms with Gasteiger partial charge in [0.2, 0.25) is 0 Å². The third-order valence-corrected chi connectivity index (χ3v) is 4.23. The first kappa shape index (κ1) is 19.4. The molecule has 6 nitrogen and oxygen atoms in total. The molecule has 7 heteroatoms. The van der Waals surface area contributed by atoms with Gasteiger partial charge in [-0.15, -0.1) is 11.3 Å². The van der Waals surface area contributed by atoms with Crippen LogP contribution in [0.1, 0.15) is 28.0 Å². The third-order valence-electron chi connectivity index (χ3n) is 3.41. The summed E-state index contributed by atoms with van der Waals surface area (Å²) in [5.41, 5.74) is 1.44. The molecule has 0 amide bonds. The Bertz CT molecular complexity index is 689. The summed E-state index contributed by atoms with van der Waals surface area (Å²) < 4.78 is 10.6. The number of esters is 1. The maximum absolute atomic E-state index is 11.7. The van der Waals surface area contributed by atoms with Crippen LogP contribution in [0.5, 0.6) is 5.75 Å². The van der Waals surface area contributed by atoms with Gasteiger partial charge in [-0.1, -0.05) is 6.07 Å². The van der Waals surface area contributed by atoms with E-state index in [-0.39, 0.29) is 12.6 Å². The molecule has 0 bridgehead atoms. The second kappa shape index (κ2) is 9.50. The first-order chi connectivity index (χ1) is 12.0. The Morgan fingerprint density at radius 2 is 2.24 bits per heavy atom. The van der Waals surface area contributed by atoms with E-state index in [9.17, 15) is 9.90 Å². The monoisotopic (exact) mass is 364 g/mol. The van der Waals surface area contributed by atoms with Crippen molar-refractivity contribution >= 4 is 17.3 Å². The maximum Gasteiger partial charge on any atom is 0.338 e. The van der Waals surface area contributed by atoms with Gasteiger partial charge in [-0.25, -0.2) is 9.78 Å². The van der Waals surface area contributed by atoms with Crippen molar-refractivity contribution in [2.24, 2.45) is 0 Å². The van der Waals surface area contributed by atoms with Crippen molar-refractivity contribution in [2.75, 3.05) is 26.8 Å². The standard InChI is InChI=1S/C18H24N2O4S/c1-4-23-18(22)14-6-5-7-17(8-14)24-11-16(21)10-20(3)9-15-12-25-13(2)19-15/h5-8,12,16,21H,4,9-11H2,1-3H3. The van der Waals surface area contributed by atoms with Gasteiger partial charge in [0.15, 0.2) is 0 Å². The molecule has 1 N–H and O–H groups in total. The van der Waals surface area contributed by atoms with Crippen LogP contribution < -0.4 is 4.74 Å². The van der Waals surface area contributed by atoms with Crippen LogP contribution in [0.15, 0.2) is 29.6 Å². The van der Waals surface area contributed by atoms with Crippen LogP contribution in [-0.2, 0) is 11.3 Å². The zero-order valence-corrected chi connectivity index (χ0v) is 15.6. The summed E-state index contributed by atoms with van der Waals surface area (Å²) in [7, 11) is 1.93. The molecule has 25 heavy (non-hydrogen) atoms. The topological polar surface area (TPSA) is 71.9 Å². The number of carbonyl (C=O) groups is 1. The molecule has 0 saturated heterocycles. The van der Waals surface area contributed by atoms with E-state index in [0.29, 0.717) is 31.0 Å². The Morgan fingerprint density at radius 1 is 1.44 bits per heavy atom. The van der Waals surface area contributed by atoms with Crippen LogP contribution in [0.25, 0.3) is 0 Å². The van der Waals surface area contributed by atoms with E-state index < -0.39 is 6.10 Å². The second-order valence-corrected chi connectivity index (χ2v) is 6.83. The SMILES string of the molecule is CCOC(=O)c1cccc(OCC(O)CN(C)Cc2csc(C)n2)c1. The zero-order chi connectivity index (χ0) is 18.2. The first-order valence-electron chi connectivity index (χ1n) is 8.15. The maximum atomic E-state index is 11.7. The fourth-order valence-electron chi connectivity index (χ4n) is 2.35. The summed E-state index contributed by atoms with van der Waals surface area (Å²) in [6, 6.07) is 6.76. The van der Waals surface area contributed by atoms with Crippen LogP contribution in [0.3, 0.4) is 0 Å². The highest BCUT2D eigenvalue weighted by molar-refractivity contribution is 7.09. The highest BCUT2D eigenvalue weighted by atomic mass is 32.1. The van der Waals surface area contributed by atoms with Crippen molar-refractivity contribution in [3.05, 3.63) is 45.9 Å². The molecule has 2 aromatic rings. The first-order valence-corrected chi connectivity index (χ1v) is 9.03. The van der Waals surface area contributed by atoms with Gasteiger partial charge in [-0.3, -0.25) is 4.90 Å². The number of hydrogen-bond donors (Lipinski definition) is 1. The number of aromatic nitrogens is 1. The van der Waals surface area contributed by atoms with Crippen molar-refractivity contribution < 1.29 is 19.4 Å². The molecule has 2 rings (SSSR count). The van der Waals surface area contributed by atoms with E-state index in [4.69, 9.17) is 9.47 Å². The van der Waals surface area contributed by atoms with Gasteiger partial charge in [0.1, 0.15) is 18.5 Å². The number of aliphatic hydroxyl groups is 1. The lowest BCUT2D eigenvalue weighted by Gasteiger charge is -2.20. The minimum absolute atomic E-state index is 0.146. The third kappa shape index (κ3) is 6.45. The van der Waals surface area contributed by atoms with Crippen LogP contribution in [0.2, 0.25) is 0 Å². The number of aliphatic hydroxyl groups excluding tert-OH is 1. The lowest BCUT2D eigenvalue weighted by molar-refractivity contribution is 0.0525. The minimum atomic E-state index is -0.643. The van der Waals surface area contributed by atoms with Crippen molar-refractivity contribution in [3.8, 4) is 5.75 Å². The van der Waals surface area contributed by atoms with Crippen molar-refractivity contribution in [3.63, 3.8) is 0 Å². The smallest absolute Gasteiger partial charge is 0.338 e. The number of carbonyl (C=O) groups excluding carboxylic acids is 1. The quantitative estimate of drug-likeness (QED) is 0.690. The van der Waals surface area contributed by atoms with Gasteiger partial charge in [0, 0.05) is 18.5 Å². The number of hydrogen-bond acceptors (Lipinski definition) is 7. The van der Waals surface area contributed by atoms with Gasteiger partial charge < -0.3 is 14.6 Å². The van der Waals surface area contributed by atoms with Crippen molar-refractivity contribution in [2.45, 2.75) is 26.5 Å². The summed E-state index contributed by atoms with van der Waals surface area (Å²) in [4.78, 5) is 18.1. The predicted octanol–water partition coefficient (Wildman–Crippen LogP) is 2.50. The fourth-order valence-corrected chi connectivity index (χ4v) is 2.96. The van der Waals surface area contributed by atoms with E-state index in [1.54, 1.807) is 42.5 Å². The summed E-state index contributed by atoms with van der Waals surface area (Å²) >= 11 is 1.62. The largest absolute Gasteiger partial charge is 0.491 e. The van der Waals surface area contributed by atoms with Crippen molar-refractivity contribution in [1.82, 2.24) is 9.88 Å². The molecule has 0 saturated carbocycles. The van der Waals surface area contributed by atoms with Gasteiger partial charge in [0.05, 0.1) is 22.9 Å². The molecule has 0 aliphatic heterocycles. The molecule has 1 aromatic carbocycles. The van der Waals surface area contributed by atoms with Gasteiger partial charge in [-0.2, -0.15) is 0 Å². The summed E-state index contributed by atoms with van der Waals surface area (Å²) in [6.07, 6.45) is -0.643. The molecule has 1 aromatic heterocycles. The molecule has 1 atom stereocenters. The Morgan fingerprint density at radius 3 is 2.92 bits per heavy atom. The van der Waals surface area contributed by atoms with Crippen LogP contribution in [-0.4, -0.2) is 53.9 Å². The number of ether oxygens (including phenoxy) is 2. The predicted molar refractivity (Wildman–Crippen MR) is 97.1 cm³/mol. The molecule has 0 spiro atoms. The van der Waals surface area contributed by atoms with Gasteiger partial charge in [0.25, 0.3) is 0 Å². The average molecular weight is 364 g/mol. The number of nitrogens with zero attached hydrogens (tertiary/aromatic N) is 2. The number of aryl methyl sites for hydroxylation is 1. The van der Waals surface area contributed by atoms with E-state index in [1.165, 1.54) is 0 Å². The molecular weight excluding hydrogens is 340 g/mol. The highest BCUT2D eigenvalue weighted by Gasteiger charge is 2.12. The number of thiazole rings is 1. The molecule has 0 radical (unpaired) electrons. The molecule has 0 aliphatic carbocycles. The zero-order valence-electron chi connectivity index (χ0n) is 14.8. The fraction of sp³-hybridized carbons (Fsp3) is 0.444. The molecule has 0 fully saturated rings. The van der Waals surface area contributed by atoms with Crippen LogP contribution in [0.4, 0.5) is 0 Å². The van der Waals surface area contributed by atoms with E-state index in [0.717, 1.165) is 10.7 Å². The highest BCUT2D eigenvalue weighted by Crippen LogP contribution is 2.15. The average Bonchev–Trinajstić information content (AvgIpc) is 2.98. The molecular formula is C18H24N2O4S. The Labute approximate surface area is 152 Å². The molecule has 1 unspecified atom stereocenters. The molecule has 1 heterocycles. The number of benzene rings is 1. The molecule has 136 valence electrons. The van der Waals surface area contributed by atoms with Crippen molar-refractivity contribution in [1.29, 1.82) is 0 Å². The summed E-state index contributed by atoms with van der Waals surface area (Å²) in [5.74, 6) is 0.147. The Balaban J connectivity index is 1.80. The Kier molecular flexibility index (Phi) is 7.36. The minimum Gasteiger partial charge on any atom is -0.491 e. The second-order valence-electron chi connectivity index (χ2n) is 5.77. The lowest BCUT2D eigenvalue weighted by Crippen LogP contribution is -2.32. The van der Waals surface area contributed by atoms with Gasteiger partial charge >= 0.3 is 5.97 Å². The molecule has 0 aliphatic rings. The summed E-state index contributed by atoms with van der Waals surface area (Å²) in [6.45, 7) is 5.35. The van der Waals surface area contributed by atoms with E-state index in [1.807, 2.05) is 24.3 Å². The Hall–Kier alpha value is -1.96. The van der Waals surface area contributed by atoms with Crippen LogP contribution >= 0.6 is 11.3 Å². The normalized spacial score (nSPS) is 12.2. The lowest BCUT2D eigenvalue weighted by atomic mass is 10.2. The van der Waals surface area contributed by atoms with Gasteiger partial charge in [-0.05, 0) is 39.1 Å². The van der Waals surface area contributed by atoms with Crippen LogP contribution in [0, 0.1) is 6.92 Å². The van der Waals surface area contributed by atoms with E-state index >= 15 is 0 Å².